The molecule has 4 rings (SSSR count). The predicted molar refractivity (Wildman–Crippen MR) is 85.6 cm³/mol. The van der Waals surface area contributed by atoms with Crippen molar-refractivity contribution >= 4 is 11.5 Å². The van der Waals surface area contributed by atoms with Crippen molar-refractivity contribution in [2.75, 3.05) is 26.3 Å². The maximum atomic E-state index is 10.9. The van der Waals surface area contributed by atoms with Crippen LogP contribution in [0, 0.1) is 10.1 Å². The molecule has 0 aromatic carbocycles. The highest BCUT2D eigenvalue weighted by molar-refractivity contribution is 5.63. The van der Waals surface area contributed by atoms with Crippen molar-refractivity contribution < 1.29 is 14.1 Å². The summed E-state index contributed by atoms with van der Waals surface area (Å²) >= 11 is 0. The van der Waals surface area contributed by atoms with Crippen molar-refractivity contribution in [3.8, 4) is 11.5 Å². The predicted octanol–water partition coefficient (Wildman–Crippen LogP) is 2.33. The Morgan fingerprint density at radius 2 is 2.04 bits per heavy atom. The number of pyridine rings is 1. The Bertz CT molecular complexity index is 879. The number of nitrogens with zero attached hydrogens (tertiary/aromatic N) is 4. The van der Waals surface area contributed by atoms with Crippen molar-refractivity contribution in [2.45, 2.75) is 6.54 Å². The molecule has 4 heterocycles. The van der Waals surface area contributed by atoms with Crippen LogP contribution in [0.25, 0.3) is 17.1 Å². The summed E-state index contributed by atoms with van der Waals surface area (Å²) in [5, 5.41) is 10.9. The third-order valence-electron chi connectivity index (χ3n) is 4.11. The largest absolute Gasteiger partial charge is 0.433 e. The third kappa shape index (κ3) is 2.66. The number of nitro groups is 1. The highest BCUT2D eigenvalue weighted by atomic mass is 16.6. The zero-order valence-corrected chi connectivity index (χ0v) is 12.9. The molecule has 0 bridgehead atoms. The number of imidazole rings is 1. The summed E-state index contributed by atoms with van der Waals surface area (Å²) in [6.07, 6.45) is 1.94. The fraction of sp³-hybridized carbons (Fsp3) is 0.312. The lowest BCUT2D eigenvalue weighted by Crippen LogP contribution is -2.36. The normalized spacial score (nSPS) is 15.8. The first-order valence-corrected chi connectivity index (χ1v) is 7.73. The van der Waals surface area contributed by atoms with E-state index in [1.807, 2.05) is 28.8 Å². The monoisotopic (exact) mass is 328 g/mol. The maximum Gasteiger partial charge on any atom is 0.433 e. The Morgan fingerprint density at radius 1 is 1.21 bits per heavy atom. The molecule has 8 heteroatoms. The molecule has 0 atom stereocenters. The van der Waals surface area contributed by atoms with Gasteiger partial charge in [-0.3, -0.25) is 15.0 Å². The number of hydrogen-bond donors (Lipinski definition) is 0. The molecule has 1 saturated heterocycles. The first-order chi connectivity index (χ1) is 11.7. The van der Waals surface area contributed by atoms with Gasteiger partial charge in [-0.05, 0) is 18.2 Å². The number of fused-ring (bicyclic) bond motifs is 1. The standard InChI is InChI=1S/C16H16N4O4/c21-20(22)15-5-4-13(24-15)16-12(11-18-7-9-23-10-8-18)19-6-2-1-3-14(19)17-16/h1-6H,7-11H2. The van der Waals surface area contributed by atoms with Crippen molar-refractivity contribution in [1.29, 1.82) is 0 Å². The van der Waals surface area contributed by atoms with Gasteiger partial charge in [-0.2, -0.15) is 0 Å². The van der Waals surface area contributed by atoms with Crippen LogP contribution in [0.2, 0.25) is 0 Å². The van der Waals surface area contributed by atoms with E-state index in [0.717, 1.165) is 24.4 Å². The third-order valence-corrected chi connectivity index (χ3v) is 4.11. The number of aromatic nitrogens is 2. The Kier molecular flexibility index (Phi) is 3.75. The molecule has 0 N–H and O–H groups in total. The Labute approximate surface area is 137 Å². The average Bonchev–Trinajstić information content (AvgIpc) is 3.21. The van der Waals surface area contributed by atoms with E-state index in [9.17, 15) is 10.1 Å². The van der Waals surface area contributed by atoms with Crippen molar-refractivity contribution in [3.05, 3.63) is 52.3 Å². The lowest BCUT2D eigenvalue weighted by molar-refractivity contribution is -0.401. The van der Waals surface area contributed by atoms with Crippen LogP contribution in [0.15, 0.2) is 40.9 Å². The highest BCUT2D eigenvalue weighted by Crippen LogP contribution is 2.30. The molecule has 8 nitrogen and oxygen atoms in total. The summed E-state index contributed by atoms with van der Waals surface area (Å²) < 4.78 is 12.8. The van der Waals surface area contributed by atoms with Gasteiger partial charge in [-0.15, -0.1) is 0 Å². The average molecular weight is 328 g/mol. The van der Waals surface area contributed by atoms with Crippen LogP contribution >= 0.6 is 0 Å². The molecule has 3 aromatic heterocycles. The summed E-state index contributed by atoms with van der Waals surface area (Å²) in [5.41, 5.74) is 2.38. The van der Waals surface area contributed by atoms with E-state index in [2.05, 4.69) is 9.88 Å². The molecule has 3 aromatic rings. The molecule has 1 aliphatic heterocycles. The van der Waals surface area contributed by atoms with Crippen LogP contribution < -0.4 is 0 Å². The molecule has 0 unspecified atom stereocenters. The second-order valence-electron chi connectivity index (χ2n) is 5.62. The van der Waals surface area contributed by atoms with Gasteiger partial charge in [0.25, 0.3) is 0 Å². The van der Waals surface area contributed by atoms with Gasteiger partial charge in [0.05, 0.1) is 25.0 Å². The van der Waals surface area contributed by atoms with Gasteiger partial charge in [-0.25, -0.2) is 4.98 Å². The molecular weight excluding hydrogens is 312 g/mol. The lowest BCUT2D eigenvalue weighted by Gasteiger charge is -2.26. The molecule has 124 valence electrons. The Hall–Kier alpha value is -2.71. The van der Waals surface area contributed by atoms with Gasteiger partial charge < -0.3 is 13.6 Å². The maximum absolute atomic E-state index is 10.9. The van der Waals surface area contributed by atoms with Crippen LogP contribution in [-0.2, 0) is 11.3 Å². The Morgan fingerprint density at radius 3 is 2.79 bits per heavy atom. The minimum Gasteiger partial charge on any atom is -0.399 e. The van der Waals surface area contributed by atoms with Gasteiger partial charge in [0, 0.05) is 25.8 Å². The first-order valence-electron chi connectivity index (χ1n) is 7.73. The number of ether oxygens (including phenoxy) is 1. The van der Waals surface area contributed by atoms with Gasteiger partial charge >= 0.3 is 5.88 Å². The quantitative estimate of drug-likeness (QED) is 0.540. The van der Waals surface area contributed by atoms with E-state index in [1.54, 1.807) is 6.07 Å². The summed E-state index contributed by atoms with van der Waals surface area (Å²) in [6.45, 7) is 3.78. The molecule has 0 aliphatic carbocycles. The molecule has 0 spiro atoms. The minimum atomic E-state index is -0.541. The SMILES string of the molecule is O=[N+]([O-])c1ccc(-c2nc3ccccn3c2CN2CCOCC2)o1. The zero-order chi connectivity index (χ0) is 16.5. The minimum absolute atomic E-state index is 0.278. The molecule has 0 radical (unpaired) electrons. The van der Waals surface area contributed by atoms with Crippen molar-refractivity contribution in [2.24, 2.45) is 0 Å². The second-order valence-corrected chi connectivity index (χ2v) is 5.62. The number of morpholine rings is 1. The van der Waals surface area contributed by atoms with E-state index < -0.39 is 4.92 Å². The van der Waals surface area contributed by atoms with Crippen molar-refractivity contribution in [3.63, 3.8) is 0 Å². The van der Waals surface area contributed by atoms with Gasteiger partial charge in [-0.1, -0.05) is 6.07 Å². The van der Waals surface area contributed by atoms with Gasteiger partial charge in [0.2, 0.25) is 0 Å². The smallest absolute Gasteiger partial charge is 0.399 e. The number of rotatable bonds is 4. The first kappa shape index (κ1) is 14.9. The summed E-state index contributed by atoms with van der Waals surface area (Å²) in [5.74, 6) is 0.132. The van der Waals surface area contributed by atoms with E-state index in [-0.39, 0.29) is 5.88 Å². The fourth-order valence-electron chi connectivity index (χ4n) is 2.92. The lowest BCUT2D eigenvalue weighted by atomic mass is 10.2. The highest BCUT2D eigenvalue weighted by Gasteiger charge is 2.22. The second kappa shape index (κ2) is 6.06. The van der Waals surface area contributed by atoms with E-state index in [4.69, 9.17) is 9.15 Å². The molecule has 1 aliphatic rings. The fourth-order valence-corrected chi connectivity index (χ4v) is 2.92. The molecule has 24 heavy (non-hydrogen) atoms. The van der Waals surface area contributed by atoms with Crippen LogP contribution in [0.3, 0.4) is 0 Å². The summed E-state index contributed by atoms with van der Waals surface area (Å²) in [6, 6.07) is 8.71. The van der Waals surface area contributed by atoms with E-state index in [0.29, 0.717) is 31.2 Å². The number of hydrogen-bond acceptors (Lipinski definition) is 6. The topological polar surface area (TPSA) is 86.0 Å². The molecular formula is C16H16N4O4. The van der Waals surface area contributed by atoms with Crippen LogP contribution in [0.4, 0.5) is 5.88 Å². The number of furan rings is 1. The van der Waals surface area contributed by atoms with Crippen LogP contribution in [0.5, 0.6) is 0 Å². The Balaban J connectivity index is 1.78. The van der Waals surface area contributed by atoms with E-state index in [1.165, 1.54) is 6.07 Å². The summed E-state index contributed by atoms with van der Waals surface area (Å²) in [7, 11) is 0. The van der Waals surface area contributed by atoms with E-state index >= 15 is 0 Å². The molecule has 0 saturated carbocycles. The molecule has 0 amide bonds. The zero-order valence-electron chi connectivity index (χ0n) is 12.9. The summed E-state index contributed by atoms with van der Waals surface area (Å²) in [4.78, 5) is 17.2. The van der Waals surface area contributed by atoms with Crippen LogP contribution in [-0.4, -0.2) is 45.5 Å². The van der Waals surface area contributed by atoms with Crippen molar-refractivity contribution in [1.82, 2.24) is 14.3 Å². The van der Waals surface area contributed by atoms with Gasteiger partial charge in [0.15, 0.2) is 5.76 Å². The van der Waals surface area contributed by atoms with Crippen LogP contribution in [0.1, 0.15) is 5.69 Å². The molecule has 1 fully saturated rings. The van der Waals surface area contributed by atoms with Gasteiger partial charge in [0.1, 0.15) is 16.3 Å².